The molecule has 100 valence electrons. The zero-order chi connectivity index (χ0) is 13.4. The van der Waals surface area contributed by atoms with Crippen LogP contribution in [0.4, 0.5) is 5.69 Å². The molecule has 0 saturated carbocycles. The summed E-state index contributed by atoms with van der Waals surface area (Å²) in [5, 5.41) is 0. The fraction of sp³-hybridized carbons (Fsp3) is 0.500. The zero-order valence-corrected chi connectivity index (χ0v) is 11.0. The van der Waals surface area contributed by atoms with Gasteiger partial charge in [0.1, 0.15) is 5.75 Å². The molecule has 0 bridgehead atoms. The Morgan fingerprint density at radius 2 is 2.22 bits per heavy atom. The van der Waals surface area contributed by atoms with Gasteiger partial charge in [0.25, 0.3) is 0 Å². The van der Waals surface area contributed by atoms with E-state index in [1.807, 2.05) is 0 Å². The molecule has 1 aromatic carbocycles. The van der Waals surface area contributed by atoms with Crippen LogP contribution in [0.5, 0.6) is 5.75 Å². The Morgan fingerprint density at radius 3 is 2.89 bits per heavy atom. The molecule has 0 aromatic heterocycles. The summed E-state index contributed by atoms with van der Waals surface area (Å²) in [4.78, 5) is 11.4. The molecule has 0 heterocycles. The largest absolute Gasteiger partial charge is 0.482 e. The monoisotopic (exact) mass is 251 g/mol. The Kier molecular flexibility index (Phi) is 6.05. The number of rotatable bonds is 7. The number of ether oxygens (including phenoxy) is 2. The van der Waals surface area contributed by atoms with Gasteiger partial charge in [-0.15, -0.1) is 0 Å². The molecular weight excluding hydrogens is 230 g/mol. The third kappa shape index (κ3) is 5.57. The standard InChI is InChI=1S/C14H21NO3/c1-3-5-11(2)9-18-14(16)10-17-13-7-4-6-12(15)8-13/h4,6-8,11H,3,5,9-10,15H2,1-2H3. The summed E-state index contributed by atoms with van der Waals surface area (Å²) in [6.45, 7) is 4.55. The van der Waals surface area contributed by atoms with Gasteiger partial charge in [-0.3, -0.25) is 0 Å². The summed E-state index contributed by atoms with van der Waals surface area (Å²) in [5.41, 5.74) is 6.21. The molecule has 0 fully saturated rings. The second-order valence-electron chi connectivity index (χ2n) is 4.44. The minimum atomic E-state index is -0.347. The van der Waals surface area contributed by atoms with E-state index in [1.54, 1.807) is 24.3 Å². The lowest BCUT2D eigenvalue weighted by Gasteiger charge is -2.11. The SMILES string of the molecule is CCCC(C)COC(=O)COc1cccc(N)c1. The molecule has 1 rings (SSSR count). The lowest BCUT2D eigenvalue weighted by atomic mass is 10.1. The van der Waals surface area contributed by atoms with Crippen molar-refractivity contribution < 1.29 is 14.3 Å². The van der Waals surface area contributed by atoms with Crippen molar-refractivity contribution in [3.63, 3.8) is 0 Å². The van der Waals surface area contributed by atoms with Crippen molar-refractivity contribution in [2.75, 3.05) is 18.9 Å². The van der Waals surface area contributed by atoms with E-state index in [-0.39, 0.29) is 12.6 Å². The molecular formula is C14H21NO3. The van der Waals surface area contributed by atoms with Gasteiger partial charge in [-0.25, -0.2) is 4.79 Å². The molecule has 0 aliphatic heterocycles. The number of nitrogen functional groups attached to an aromatic ring is 1. The molecule has 0 radical (unpaired) electrons. The van der Waals surface area contributed by atoms with E-state index in [0.717, 1.165) is 12.8 Å². The summed E-state index contributed by atoms with van der Waals surface area (Å²) in [7, 11) is 0. The summed E-state index contributed by atoms with van der Waals surface area (Å²) in [5.74, 6) is 0.625. The van der Waals surface area contributed by atoms with Gasteiger partial charge in [0.15, 0.2) is 6.61 Å². The van der Waals surface area contributed by atoms with Crippen LogP contribution in [0.15, 0.2) is 24.3 Å². The molecule has 1 unspecified atom stereocenters. The first-order valence-corrected chi connectivity index (χ1v) is 6.25. The van der Waals surface area contributed by atoms with Crippen LogP contribution in [0.2, 0.25) is 0 Å². The Morgan fingerprint density at radius 1 is 1.44 bits per heavy atom. The summed E-state index contributed by atoms with van der Waals surface area (Å²) < 4.78 is 10.4. The number of hydrogen-bond donors (Lipinski definition) is 1. The Balaban J connectivity index is 2.25. The van der Waals surface area contributed by atoms with Crippen molar-refractivity contribution >= 4 is 11.7 Å². The minimum Gasteiger partial charge on any atom is -0.482 e. The molecule has 4 heteroatoms. The zero-order valence-electron chi connectivity index (χ0n) is 11.0. The molecule has 18 heavy (non-hydrogen) atoms. The third-order valence-corrected chi connectivity index (χ3v) is 2.53. The van der Waals surface area contributed by atoms with E-state index in [4.69, 9.17) is 15.2 Å². The van der Waals surface area contributed by atoms with Gasteiger partial charge in [-0.1, -0.05) is 26.3 Å². The van der Waals surface area contributed by atoms with Gasteiger partial charge in [0.2, 0.25) is 0 Å². The number of anilines is 1. The van der Waals surface area contributed by atoms with Crippen molar-refractivity contribution in [3.8, 4) is 5.75 Å². The first kappa shape index (κ1) is 14.4. The van der Waals surface area contributed by atoms with Gasteiger partial charge in [-0.05, 0) is 24.5 Å². The smallest absolute Gasteiger partial charge is 0.344 e. The summed E-state index contributed by atoms with van der Waals surface area (Å²) >= 11 is 0. The minimum absolute atomic E-state index is 0.0811. The van der Waals surface area contributed by atoms with Crippen LogP contribution in [-0.4, -0.2) is 19.2 Å². The molecule has 2 N–H and O–H groups in total. The third-order valence-electron chi connectivity index (χ3n) is 2.53. The van der Waals surface area contributed by atoms with Crippen LogP contribution < -0.4 is 10.5 Å². The first-order valence-electron chi connectivity index (χ1n) is 6.25. The highest BCUT2D eigenvalue weighted by Gasteiger charge is 2.07. The maximum absolute atomic E-state index is 11.4. The second-order valence-corrected chi connectivity index (χ2v) is 4.44. The lowest BCUT2D eigenvalue weighted by Crippen LogP contribution is -2.18. The van der Waals surface area contributed by atoms with Crippen molar-refractivity contribution in [1.29, 1.82) is 0 Å². The molecule has 0 saturated heterocycles. The van der Waals surface area contributed by atoms with Crippen LogP contribution in [0.25, 0.3) is 0 Å². The normalized spacial score (nSPS) is 11.9. The van der Waals surface area contributed by atoms with Crippen molar-refractivity contribution in [1.82, 2.24) is 0 Å². The molecule has 1 aromatic rings. The number of carbonyl (C=O) groups excluding carboxylic acids is 1. The van der Waals surface area contributed by atoms with Gasteiger partial charge in [0.05, 0.1) is 6.61 Å². The van der Waals surface area contributed by atoms with Crippen molar-refractivity contribution in [3.05, 3.63) is 24.3 Å². The topological polar surface area (TPSA) is 61.5 Å². The molecule has 0 amide bonds. The number of benzene rings is 1. The molecule has 4 nitrogen and oxygen atoms in total. The number of nitrogens with two attached hydrogens (primary N) is 1. The highest BCUT2D eigenvalue weighted by atomic mass is 16.6. The van der Waals surface area contributed by atoms with Gasteiger partial charge >= 0.3 is 5.97 Å². The second kappa shape index (κ2) is 7.58. The molecule has 1 atom stereocenters. The highest BCUT2D eigenvalue weighted by Crippen LogP contribution is 2.14. The van der Waals surface area contributed by atoms with E-state index in [2.05, 4.69) is 13.8 Å². The van der Waals surface area contributed by atoms with Crippen molar-refractivity contribution in [2.24, 2.45) is 5.92 Å². The van der Waals surface area contributed by atoms with Crippen LogP contribution in [-0.2, 0) is 9.53 Å². The van der Waals surface area contributed by atoms with E-state index in [0.29, 0.717) is 24.0 Å². The van der Waals surface area contributed by atoms with Crippen LogP contribution >= 0.6 is 0 Å². The van der Waals surface area contributed by atoms with E-state index in [9.17, 15) is 4.79 Å². The fourth-order valence-corrected chi connectivity index (χ4v) is 1.60. The lowest BCUT2D eigenvalue weighted by molar-refractivity contribution is -0.147. The number of carbonyl (C=O) groups is 1. The predicted molar refractivity (Wildman–Crippen MR) is 71.4 cm³/mol. The van der Waals surface area contributed by atoms with Gasteiger partial charge in [-0.2, -0.15) is 0 Å². The quantitative estimate of drug-likeness (QED) is 0.597. The summed E-state index contributed by atoms with van der Waals surface area (Å²) in [6.07, 6.45) is 2.15. The molecule has 0 spiro atoms. The number of hydrogen-bond acceptors (Lipinski definition) is 4. The van der Waals surface area contributed by atoms with Crippen LogP contribution in [0.1, 0.15) is 26.7 Å². The number of esters is 1. The maximum Gasteiger partial charge on any atom is 0.344 e. The Labute approximate surface area is 108 Å². The Hall–Kier alpha value is -1.71. The van der Waals surface area contributed by atoms with Gasteiger partial charge < -0.3 is 15.2 Å². The van der Waals surface area contributed by atoms with E-state index >= 15 is 0 Å². The molecule has 0 aliphatic carbocycles. The van der Waals surface area contributed by atoms with Gasteiger partial charge in [0, 0.05) is 11.8 Å². The van der Waals surface area contributed by atoms with Crippen LogP contribution in [0, 0.1) is 5.92 Å². The predicted octanol–water partition coefficient (Wildman–Crippen LogP) is 2.63. The summed E-state index contributed by atoms with van der Waals surface area (Å²) in [6, 6.07) is 6.97. The highest BCUT2D eigenvalue weighted by molar-refractivity contribution is 5.71. The molecule has 0 aliphatic rings. The average molecular weight is 251 g/mol. The fourth-order valence-electron chi connectivity index (χ4n) is 1.60. The maximum atomic E-state index is 11.4. The Bertz CT molecular complexity index is 379. The van der Waals surface area contributed by atoms with Crippen molar-refractivity contribution in [2.45, 2.75) is 26.7 Å². The average Bonchev–Trinajstić information content (AvgIpc) is 2.34. The van der Waals surface area contributed by atoms with E-state index < -0.39 is 0 Å². The van der Waals surface area contributed by atoms with Crippen LogP contribution in [0.3, 0.4) is 0 Å². The first-order chi connectivity index (χ1) is 8.61. The van der Waals surface area contributed by atoms with E-state index in [1.165, 1.54) is 0 Å².